The monoisotopic (exact) mass is 466 g/mol. The SMILES string of the molecule is CN(c1ccccc1)S(=O)(=O)c1cccc(NC(=O)c2ccc(OC[C@H]3CCCO3)cc2)c1. The van der Waals surface area contributed by atoms with Crippen LogP contribution in [0.1, 0.15) is 23.2 Å². The predicted octanol–water partition coefficient (Wildman–Crippen LogP) is 4.32. The first-order chi connectivity index (χ1) is 15.9. The summed E-state index contributed by atoms with van der Waals surface area (Å²) in [7, 11) is -2.28. The zero-order valence-electron chi connectivity index (χ0n) is 18.3. The molecule has 33 heavy (non-hydrogen) atoms. The molecule has 0 unspecified atom stereocenters. The molecule has 0 aromatic heterocycles. The lowest BCUT2D eigenvalue weighted by molar-refractivity contribution is 0.0679. The highest BCUT2D eigenvalue weighted by Crippen LogP contribution is 2.24. The van der Waals surface area contributed by atoms with E-state index in [2.05, 4.69) is 5.32 Å². The Kier molecular flexibility index (Phi) is 6.96. The molecule has 1 N–H and O–H groups in total. The van der Waals surface area contributed by atoms with Crippen molar-refractivity contribution in [3.05, 3.63) is 84.4 Å². The van der Waals surface area contributed by atoms with Crippen LogP contribution in [0, 0.1) is 0 Å². The van der Waals surface area contributed by atoms with E-state index < -0.39 is 10.0 Å². The van der Waals surface area contributed by atoms with Crippen LogP contribution in [-0.4, -0.2) is 40.7 Å². The number of anilines is 2. The number of rotatable bonds is 8. The van der Waals surface area contributed by atoms with Gasteiger partial charge in [-0.1, -0.05) is 24.3 Å². The Morgan fingerprint density at radius 3 is 2.52 bits per heavy atom. The molecule has 1 saturated heterocycles. The molecular weight excluding hydrogens is 440 g/mol. The second-order valence-corrected chi connectivity index (χ2v) is 9.73. The number of nitrogens with zero attached hydrogens (tertiary/aromatic N) is 1. The zero-order valence-corrected chi connectivity index (χ0v) is 19.1. The predicted molar refractivity (Wildman–Crippen MR) is 127 cm³/mol. The maximum atomic E-state index is 13.0. The average molecular weight is 467 g/mol. The summed E-state index contributed by atoms with van der Waals surface area (Å²) in [5.74, 6) is 0.325. The molecule has 172 valence electrons. The van der Waals surface area contributed by atoms with Gasteiger partial charge in [0.25, 0.3) is 15.9 Å². The van der Waals surface area contributed by atoms with E-state index in [1.807, 2.05) is 6.07 Å². The van der Waals surface area contributed by atoms with E-state index in [0.717, 1.165) is 19.4 Å². The molecule has 8 heteroatoms. The normalized spacial score (nSPS) is 15.7. The molecule has 7 nitrogen and oxygen atoms in total. The van der Waals surface area contributed by atoms with Crippen molar-refractivity contribution in [1.29, 1.82) is 0 Å². The number of carbonyl (C=O) groups is 1. The molecule has 0 bridgehead atoms. The van der Waals surface area contributed by atoms with Gasteiger partial charge in [0.2, 0.25) is 0 Å². The third-order valence-corrected chi connectivity index (χ3v) is 7.23. The zero-order chi connectivity index (χ0) is 23.3. The van der Waals surface area contributed by atoms with Crippen molar-refractivity contribution in [2.45, 2.75) is 23.8 Å². The summed E-state index contributed by atoms with van der Waals surface area (Å²) >= 11 is 0. The Bertz CT molecular complexity index is 1190. The number of sulfonamides is 1. The van der Waals surface area contributed by atoms with Crippen molar-refractivity contribution in [2.24, 2.45) is 0 Å². The van der Waals surface area contributed by atoms with Gasteiger partial charge in [-0.3, -0.25) is 9.10 Å². The number of ether oxygens (including phenoxy) is 2. The average Bonchev–Trinajstić information content (AvgIpc) is 3.37. The van der Waals surface area contributed by atoms with Gasteiger partial charge in [0.05, 0.1) is 16.7 Å². The Labute approximate surface area is 194 Å². The first kappa shape index (κ1) is 22.8. The summed E-state index contributed by atoms with van der Waals surface area (Å²) < 4.78 is 38.5. The molecule has 3 aromatic rings. The van der Waals surface area contributed by atoms with Gasteiger partial charge in [0.15, 0.2) is 0 Å². The van der Waals surface area contributed by atoms with E-state index in [4.69, 9.17) is 9.47 Å². The Morgan fingerprint density at radius 2 is 1.82 bits per heavy atom. The van der Waals surface area contributed by atoms with Gasteiger partial charge >= 0.3 is 0 Å². The minimum Gasteiger partial charge on any atom is -0.491 e. The molecule has 1 fully saturated rings. The lowest BCUT2D eigenvalue weighted by Crippen LogP contribution is -2.26. The van der Waals surface area contributed by atoms with Crippen LogP contribution in [-0.2, 0) is 14.8 Å². The molecule has 0 spiro atoms. The lowest BCUT2D eigenvalue weighted by Gasteiger charge is -2.20. The number of amides is 1. The van der Waals surface area contributed by atoms with Crippen LogP contribution in [0.2, 0.25) is 0 Å². The Morgan fingerprint density at radius 1 is 1.06 bits per heavy atom. The maximum Gasteiger partial charge on any atom is 0.264 e. The van der Waals surface area contributed by atoms with E-state index >= 15 is 0 Å². The minimum atomic E-state index is -3.78. The van der Waals surface area contributed by atoms with E-state index in [0.29, 0.717) is 29.3 Å². The van der Waals surface area contributed by atoms with Gasteiger partial charge in [-0.25, -0.2) is 8.42 Å². The molecule has 0 aliphatic carbocycles. The van der Waals surface area contributed by atoms with E-state index in [1.54, 1.807) is 60.7 Å². The fraction of sp³-hybridized carbons (Fsp3) is 0.240. The van der Waals surface area contributed by atoms with Gasteiger partial charge in [0.1, 0.15) is 12.4 Å². The molecule has 1 aliphatic heterocycles. The summed E-state index contributed by atoms with van der Waals surface area (Å²) in [6.07, 6.45) is 2.17. The van der Waals surface area contributed by atoms with Crippen molar-refractivity contribution in [1.82, 2.24) is 0 Å². The molecular formula is C25H26N2O5S. The Hall–Kier alpha value is -3.36. The highest BCUT2D eigenvalue weighted by molar-refractivity contribution is 7.92. The first-order valence-electron chi connectivity index (χ1n) is 10.7. The highest BCUT2D eigenvalue weighted by Gasteiger charge is 2.22. The van der Waals surface area contributed by atoms with Crippen LogP contribution in [0.15, 0.2) is 83.8 Å². The van der Waals surface area contributed by atoms with Crippen molar-refractivity contribution in [3.63, 3.8) is 0 Å². The molecule has 0 saturated carbocycles. The van der Waals surface area contributed by atoms with Crippen LogP contribution < -0.4 is 14.4 Å². The smallest absolute Gasteiger partial charge is 0.264 e. The minimum absolute atomic E-state index is 0.0875. The molecule has 0 radical (unpaired) electrons. The van der Waals surface area contributed by atoms with E-state index in [9.17, 15) is 13.2 Å². The van der Waals surface area contributed by atoms with Gasteiger partial charge in [-0.15, -0.1) is 0 Å². The van der Waals surface area contributed by atoms with Crippen LogP contribution in [0.25, 0.3) is 0 Å². The van der Waals surface area contributed by atoms with Crippen molar-refractivity contribution in [3.8, 4) is 5.75 Å². The summed E-state index contributed by atoms with van der Waals surface area (Å²) in [4.78, 5) is 12.8. The first-order valence-corrected chi connectivity index (χ1v) is 12.2. The summed E-state index contributed by atoms with van der Waals surface area (Å²) in [5.41, 5.74) is 1.38. The molecule has 1 heterocycles. The standard InChI is InChI=1S/C25H26N2O5S/c1-27(21-8-3-2-4-9-21)33(29,30)24-11-5-7-20(17-24)26-25(28)19-12-14-22(15-13-19)32-18-23-10-6-16-31-23/h2-5,7-9,11-15,17,23H,6,10,16,18H2,1H3,(H,26,28)/t23-/m1/s1. The van der Waals surface area contributed by atoms with Gasteiger partial charge in [-0.05, 0) is 67.4 Å². The fourth-order valence-corrected chi connectivity index (χ4v) is 4.78. The molecule has 1 aliphatic rings. The third-order valence-electron chi connectivity index (χ3n) is 5.45. The maximum absolute atomic E-state index is 13.0. The topological polar surface area (TPSA) is 84.9 Å². The molecule has 1 atom stereocenters. The lowest BCUT2D eigenvalue weighted by atomic mass is 10.2. The number of nitrogens with one attached hydrogen (secondary N) is 1. The van der Waals surface area contributed by atoms with Gasteiger partial charge < -0.3 is 14.8 Å². The molecule has 4 rings (SSSR count). The number of benzene rings is 3. The largest absolute Gasteiger partial charge is 0.491 e. The quantitative estimate of drug-likeness (QED) is 0.534. The van der Waals surface area contributed by atoms with Crippen LogP contribution in [0.4, 0.5) is 11.4 Å². The van der Waals surface area contributed by atoms with Gasteiger partial charge in [0, 0.05) is 24.9 Å². The highest BCUT2D eigenvalue weighted by atomic mass is 32.2. The van der Waals surface area contributed by atoms with Crippen LogP contribution in [0.3, 0.4) is 0 Å². The second-order valence-electron chi connectivity index (χ2n) is 7.76. The summed E-state index contributed by atoms with van der Waals surface area (Å²) in [5, 5.41) is 2.76. The summed E-state index contributed by atoms with van der Waals surface area (Å²) in [6.45, 7) is 1.27. The van der Waals surface area contributed by atoms with Gasteiger partial charge in [-0.2, -0.15) is 0 Å². The van der Waals surface area contributed by atoms with Crippen LogP contribution >= 0.6 is 0 Å². The third kappa shape index (κ3) is 5.53. The van der Waals surface area contributed by atoms with Crippen molar-refractivity contribution >= 4 is 27.3 Å². The second kappa shape index (κ2) is 10.1. The molecule has 3 aromatic carbocycles. The number of hydrogen-bond acceptors (Lipinski definition) is 5. The van der Waals surface area contributed by atoms with E-state index in [-0.39, 0.29) is 16.9 Å². The molecule has 1 amide bonds. The van der Waals surface area contributed by atoms with Crippen molar-refractivity contribution in [2.75, 3.05) is 29.9 Å². The number of carbonyl (C=O) groups excluding carboxylic acids is 1. The van der Waals surface area contributed by atoms with Crippen molar-refractivity contribution < 1.29 is 22.7 Å². The fourth-order valence-electron chi connectivity index (χ4n) is 3.54. The van der Waals surface area contributed by atoms with Crippen LogP contribution in [0.5, 0.6) is 5.75 Å². The number of hydrogen-bond donors (Lipinski definition) is 1. The Balaban J connectivity index is 1.42. The van der Waals surface area contributed by atoms with E-state index in [1.165, 1.54) is 23.5 Å². The number of para-hydroxylation sites is 1. The summed E-state index contributed by atoms with van der Waals surface area (Å²) in [6, 6.07) is 21.8.